The molecule has 0 aromatic heterocycles. The molecule has 0 aliphatic carbocycles. The van der Waals surface area contributed by atoms with Gasteiger partial charge in [0.1, 0.15) is 5.69 Å². The van der Waals surface area contributed by atoms with Crippen LogP contribution in [-0.4, -0.2) is 33.1 Å². The highest BCUT2D eigenvalue weighted by Crippen LogP contribution is 2.29. The number of nitrogens with zero attached hydrogens (tertiary/aromatic N) is 1. The molecule has 1 aromatic carbocycles. The number of ether oxygens (including phenoxy) is 1. The Kier molecular flexibility index (Phi) is 4.76. The van der Waals surface area contributed by atoms with Gasteiger partial charge in [-0.05, 0) is 30.9 Å². The average Bonchev–Trinajstić information content (AvgIpc) is 2.46. The number of hydrogen-bond acceptors (Lipinski definition) is 6. The van der Waals surface area contributed by atoms with Gasteiger partial charge in [-0.1, -0.05) is 6.07 Å². The van der Waals surface area contributed by atoms with Gasteiger partial charge in [0.15, 0.2) is 4.90 Å². The first-order chi connectivity index (χ1) is 9.92. The number of nitrogen functional groups attached to an aromatic ring is 1. The molecule has 1 saturated heterocycles. The van der Waals surface area contributed by atoms with Crippen LogP contribution in [0.3, 0.4) is 0 Å². The predicted molar refractivity (Wildman–Crippen MR) is 76.2 cm³/mol. The highest BCUT2D eigenvalue weighted by atomic mass is 32.2. The first kappa shape index (κ1) is 15.7. The second kappa shape index (κ2) is 6.37. The van der Waals surface area contributed by atoms with E-state index in [0.29, 0.717) is 13.2 Å². The molecule has 0 saturated carbocycles. The lowest BCUT2D eigenvalue weighted by atomic mass is 10.0. The van der Waals surface area contributed by atoms with Crippen LogP contribution in [0.1, 0.15) is 12.8 Å². The van der Waals surface area contributed by atoms with E-state index in [2.05, 4.69) is 4.72 Å². The SMILES string of the molecule is Nc1cccc(S(=O)(=O)NCC2CCOCC2)c1[N+](=O)[O-]. The quantitative estimate of drug-likeness (QED) is 0.472. The lowest BCUT2D eigenvalue weighted by molar-refractivity contribution is -0.386. The van der Waals surface area contributed by atoms with Crippen LogP contribution in [0.25, 0.3) is 0 Å². The lowest BCUT2D eigenvalue weighted by Gasteiger charge is -2.22. The van der Waals surface area contributed by atoms with Crippen molar-refractivity contribution >= 4 is 21.4 Å². The summed E-state index contributed by atoms with van der Waals surface area (Å²) in [7, 11) is -3.97. The number of nitrogens with two attached hydrogens (primary N) is 1. The zero-order valence-electron chi connectivity index (χ0n) is 11.3. The minimum atomic E-state index is -3.97. The van der Waals surface area contributed by atoms with Gasteiger partial charge in [-0.15, -0.1) is 0 Å². The van der Waals surface area contributed by atoms with Crippen LogP contribution < -0.4 is 10.5 Å². The molecule has 21 heavy (non-hydrogen) atoms. The molecule has 1 aromatic rings. The van der Waals surface area contributed by atoms with Crippen molar-refractivity contribution in [2.24, 2.45) is 5.92 Å². The molecule has 1 aliphatic rings. The van der Waals surface area contributed by atoms with Gasteiger partial charge in [0.25, 0.3) is 0 Å². The van der Waals surface area contributed by atoms with Crippen molar-refractivity contribution in [1.29, 1.82) is 0 Å². The van der Waals surface area contributed by atoms with E-state index in [1.165, 1.54) is 18.2 Å². The molecular weight excluding hydrogens is 298 g/mol. The summed E-state index contributed by atoms with van der Waals surface area (Å²) in [5.41, 5.74) is 4.75. The lowest BCUT2D eigenvalue weighted by Crippen LogP contribution is -2.32. The molecule has 0 atom stereocenters. The zero-order chi connectivity index (χ0) is 15.5. The summed E-state index contributed by atoms with van der Waals surface area (Å²) < 4.78 is 32.1. The number of nitro benzene ring substituents is 1. The van der Waals surface area contributed by atoms with E-state index in [1.54, 1.807) is 0 Å². The molecule has 2 rings (SSSR count). The third-order valence-corrected chi connectivity index (χ3v) is 4.86. The summed E-state index contributed by atoms with van der Waals surface area (Å²) in [4.78, 5) is 9.83. The summed E-state index contributed by atoms with van der Waals surface area (Å²) in [6.45, 7) is 1.44. The molecule has 0 spiro atoms. The fourth-order valence-corrected chi connectivity index (χ4v) is 3.52. The monoisotopic (exact) mass is 315 g/mol. The van der Waals surface area contributed by atoms with Crippen LogP contribution in [0.2, 0.25) is 0 Å². The standard InChI is InChI=1S/C12H17N3O5S/c13-10-2-1-3-11(12(10)15(16)17)21(18,19)14-8-9-4-6-20-7-5-9/h1-3,9,14H,4-8,13H2. The first-order valence-corrected chi connectivity index (χ1v) is 8.00. The third kappa shape index (κ3) is 3.69. The predicted octanol–water partition coefficient (Wildman–Crippen LogP) is 0.882. The highest BCUT2D eigenvalue weighted by molar-refractivity contribution is 7.89. The van der Waals surface area contributed by atoms with Crippen molar-refractivity contribution < 1.29 is 18.1 Å². The van der Waals surface area contributed by atoms with Crippen molar-refractivity contribution in [3.05, 3.63) is 28.3 Å². The Morgan fingerprint density at radius 3 is 2.67 bits per heavy atom. The number of hydrogen-bond donors (Lipinski definition) is 2. The van der Waals surface area contributed by atoms with Gasteiger partial charge in [-0.25, -0.2) is 13.1 Å². The summed E-state index contributed by atoms with van der Waals surface area (Å²) >= 11 is 0. The van der Waals surface area contributed by atoms with Crippen LogP contribution >= 0.6 is 0 Å². The Balaban J connectivity index is 2.19. The Morgan fingerprint density at radius 2 is 2.05 bits per heavy atom. The normalized spacial score (nSPS) is 16.8. The largest absolute Gasteiger partial charge is 0.393 e. The number of rotatable bonds is 5. The summed E-state index contributed by atoms with van der Waals surface area (Å²) in [6, 6.07) is 3.86. The van der Waals surface area contributed by atoms with Crippen molar-refractivity contribution in [1.82, 2.24) is 4.72 Å². The van der Waals surface area contributed by atoms with Gasteiger partial charge in [0, 0.05) is 19.8 Å². The van der Waals surface area contributed by atoms with Gasteiger partial charge in [-0.3, -0.25) is 10.1 Å². The van der Waals surface area contributed by atoms with E-state index in [-0.39, 0.29) is 18.2 Å². The Morgan fingerprint density at radius 1 is 1.38 bits per heavy atom. The fraction of sp³-hybridized carbons (Fsp3) is 0.500. The number of anilines is 1. The second-order valence-corrected chi connectivity index (χ2v) is 6.59. The maximum Gasteiger partial charge on any atom is 0.312 e. The van der Waals surface area contributed by atoms with Gasteiger partial charge in [0.2, 0.25) is 10.0 Å². The summed E-state index contributed by atoms with van der Waals surface area (Å²) in [5, 5.41) is 11.0. The van der Waals surface area contributed by atoms with Crippen molar-refractivity contribution in [2.45, 2.75) is 17.7 Å². The Labute approximate surface area is 122 Å². The topological polar surface area (TPSA) is 125 Å². The van der Waals surface area contributed by atoms with Crippen LogP contribution in [0.4, 0.5) is 11.4 Å². The molecule has 0 bridgehead atoms. The Hall–Kier alpha value is -1.71. The molecule has 3 N–H and O–H groups in total. The van der Waals surface area contributed by atoms with E-state index in [4.69, 9.17) is 10.5 Å². The van der Waals surface area contributed by atoms with E-state index in [0.717, 1.165) is 12.8 Å². The van der Waals surface area contributed by atoms with Crippen LogP contribution in [0.15, 0.2) is 23.1 Å². The van der Waals surface area contributed by atoms with E-state index in [1.807, 2.05) is 0 Å². The van der Waals surface area contributed by atoms with Gasteiger partial charge < -0.3 is 10.5 Å². The molecule has 1 fully saturated rings. The van der Waals surface area contributed by atoms with Crippen molar-refractivity contribution in [2.75, 3.05) is 25.5 Å². The fourth-order valence-electron chi connectivity index (χ4n) is 2.21. The number of para-hydroxylation sites is 1. The molecule has 1 heterocycles. The minimum Gasteiger partial charge on any atom is -0.393 e. The van der Waals surface area contributed by atoms with Gasteiger partial charge in [0.05, 0.1) is 4.92 Å². The third-order valence-electron chi connectivity index (χ3n) is 3.41. The average molecular weight is 315 g/mol. The minimum absolute atomic E-state index is 0.172. The van der Waals surface area contributed by atoms with E-state index in [9.17, 15) is 18.5 Å². The number of nitrogens with one attached hydrogen (secondary N) is 1. The molecule has 9 heteroatoms. The highest BCUT2D eigenvalue weighted by Gasteiger charge is 2.28. The molecule has 8 nitrogen and oxygen atoms in total. The van der Waals surface area contributed by atoms with Crippen molar-refractivity contribution in [3.8, 4) is 0 Å². The van der Waals surface area contributed by atoms with Crippen LogP contribution in [0.5, 0.6) is 0 Å². The van der Waals surface area contributed by atoms with E-state index >= 15 is 0 Å². The smallest absolute Gasteiger partial charge is 0.312 e. The molecule has 116 valence electrons. The van der Waals surface area contributed by atoms with Gasteiger partial charge >= 0.3 is 5.69 Å². The summed E-state index contributed by atoms with van der Waals surface area (Å²) in [5.74, 6) is 0.175. The second-order valence-electron chi connectivity index (χ2n) is 4.86. The Bertz CT molecular complexity index is 626. The molecular formula is C12H17N3O5S. The van der Waals surface area contributed by atoms with Crippen LogP contribution in [-0.2, 0) is 14.8 Å². The maximum absolute atomic E-state index is 12.2. The van der Waals surface area contributed by atoms with E-state index < -0.39 is 25.5 Å². The molecule has 0 radical (unpaired) electrons. The molecule has 0 unspecified atom stereocenters. The zero-order valence-corrected chi connectivity index (χ0v) is 12.1. The maximum atomic E-state index is 12.2. The number of benzene rings is 1. The molecule has 0 amide bonds. The summed E-state index contributed by atoms with van der Waals surface area (Å²) in [6.07, 6.45) is 1.53. The van der Waals surface area contributed by atoms with Gasteiger partial charge in [-0.2, -0.15) is 0 Å². The van der Waals surface area contributed by atoms with Crippen molar-refractivity contribution in [3.63, 3.8) is 0 Å². The molecule has 1 aliphatic heterocycles. The first-order valence-electron chi connectivity index (χ1n) is 6.52. The number of nitro groups is 1. The van der Waals surface area contributed by atoms with Crippen LogP contribution in [0, 0.1) is 16.0 Å². The number of sulfonamides is 1.